The van der Waals surface area contributed by atoms with E-state index in [4.69, 9.17) is 0 Å². The van der Waals surface area contributed by atoms with Crippen LogP contribution in [0, 0.1) is 0 Å². The Labute approximate surface area is 61.8 Å². The molecule has 0 fully saturated rings. The van der Waals surface area contributed by atoms with Crippen molar-refractivity contribution >= 4 is 24.4 Å². The summed E-state index contributed by atoms with van der Waals surface area (Å²) in [5.41, 5.74) is 0. The molecule has 3 nitrogen and oxygen atoms in total. The summed E-state index contributed by atoms with van der Waals surface area (Å²) in [5.74, 6) is 0. The summed E-state index contributed by atoms with van der Waals surface area (Å²) in [6.45, 7) is 0. The topological polar surface area (TPSA) is 85.5 Å². The van der Waals surface area contributed by atoms with E-state index in [1.807, 2.05) is 0 Å². The van der Waals surface area contributed by atoms with Crippen molar-refractivity contribution in [3.63, 3.8) is 0 Å². The molecule has 0 saturated carbocycles. The summed E-state index contributed by atoms with van der Waals surface area (Å²) in [6.07, 6.45) is 0. The summed E-state index contributed by atoms with van der Waals surface area (Å²) < 4.78 is 0. The van der Waals surface area contributed by atoms with Gasteiger partial charge in [0.05, 0.1) is 0 Å². The molecule has 0 aliphatic rings. The first kappa shape index (κ1) is 96.4. The minimum absolute atomic E-state index is 0. The molecule has 0 aliphatic heterocycles. The maximum Gasteiger partial charge on any atom is 6.00 e. The summed E-state index contributed by atoms with van der Waals surface area (Å²) in [6, 6.07) is 0. The Kier molecular flexibility index (Phi) is 1040. The van der Waals surface area contributed by atoms with Gasteiger partial charge in [-0.05, 0) is 0 Å². The largest absolute Gasteiger partial charge is 6.00 e. The molecular weight excluding hydrogens is 266 g/mol. The van der Waals surface area contributed by atoms with Crippen LogP contribution in [0.2, 0.25) is 0 Å². The van der Waals surface area contributed by atoms with E-state index in [9.17, 15) is 0 Å². The second-order valence-electron chi connectivity index (χ2n) is 0. The average molecular weight is 266 g/mol. The van der Waals surface area contributed by atoms with Gasteiger partial charge in [0.1, 0.15) is 0 Å². The van der Waals surface area contributed by atoms with Crippen LogP contribution >= 0.6 is 0 Å². The fourth-order valence-electron chi connectivity index (χ4n) is 0. The van der Waals surface area contributed by atoms with E-state index in [-0.39, 0.29) is 61.9 Å². The zero-order chi connectivity index (χ0) is 0. The van der Waals surface area contributed by atoms with Crippen LogP contribution in [0.15, 0.2) is 0 Å². The van der Waals surface area contributed by atoms with Crippen molar-refractivity contribution in [3.8, 4) is 0 Å². The first-order valence-corrected chi connectivity index (χ1v) is 0. The molecule has 0 aromatic heterocycles. The van der Waals surface area contributed by atoms with Crippen molar-refractivity contribution in [2.45, 2.75) is 0 Å². The Morgan fingerprint density at radius 2 is 0.600 bits per heavy atom. The Bertz CT molecular complexity index is 6.85. The van der Waals surface area contributed by atoms with Gasteiger partial charge < -0.3 is 16.4 Å². The Hall–Kier alpha value is 1.39. The third kappa shape index (κ3) is 32.1. The second kappa shape index (κ2) is 53.9. The van der Waals surface area contributed by atoms with Crippen molar-refractivity contribution in [2.24, 2.45) is 0 Å². The molecule has 0 aromatic rings. The monoisotopic (exact) mass is 267 g/mol. The first-order chi connectivity index (χ1) is 0. The van der Waals surface area contributed by atoms with Crippen molar-refractivity contribution in [1.82, 2.24) is 0 Å². The van der Waals surface area contributed by atoms with Gasteiger partial charge in [-0.15, -0.1) is 0 Å². The molecule has 0 saturated heterocycles. The molecule has 0 rings (SSSR count). The minimum Gasteiger partial charge on any atom is -2.00 e. The fourth-order valence-corrected chi connectivity index (χ4v) is 0. The van der Waals surface area contributed by atoms with Gasteiger partial charge in [-0.2, -0.15) is 0 Å². The molecule has 0 atom stereocenters. The van der Waals surface area contributed by atoms with Gasteiger partial charge >= 0.3 is 21.1 Å². The molecule has 0 aliphatic carbocycles. The van der Waals surface area contributed by atoms with Gasteiger partial charge in [0.25, 0.3) is 0 Å². The SMILES string of the molecule is [Mo+6].[O-2].[O-2].[O-2].[Sb]. The Morgan fingerprint density at radius 1 is 0.600 bits per heavy atom. The predicted octanol–water partition coefficient (Wildman–Crippen LogP) is -0.740. The zero-order valence-electron chi connectivity index (χ0n) is 2.08. The standard InChI is InChI=1S/Mo.3O.Sb/q+6;3*-2;. The molecular formula is MoO3Sb. The van der Waals surface area contributed by atoms with E-state index in [1.54, 1.807) is 0 Å². The zero-order valence-corrected chi connectivity index (χ0v) is 6.64. The summed E-state index contributed by atoms with van der Waals surface area (Å²) in [4.78, 5) is 0. The third-order valence-electron chi connectivity index (χ3n) is 0. The van der Waals surface area contributed by atoms with Gasteiger partial charge in [-0.25, -0.2) is 0 Å². The molecule has 0 unspecified atom stereocenters. The number of hydrogen-bond acceptors (Lipinski definition) is 0. The third-order valence-corrected chi connectivity index (χ3v) is 0. The first-order valence-electron chi connectivity index (χ1n) is 0. The molecule has 5 heavy (non-hydrogen) atoms. The van der Waals surface area contributed by atoms with Crippen LogP contribution in [0.3, 0.4) is 0 Å². The van der Waals surface area contributed by atoms with Gasteiger partial charge in [0.2, 0.25) is 0 Å². The smallest absolute Gasteiger partial charge is 2.00 e. The van der Waals surface area contributed by atoms with Crippen LogP contribution in [0.1, 0.15) is 0 Å². The molecule has 29 valence electrons. The second-order valence-corrected chi connectivity index (χ2v) is 0. The van der Waals surface area contributed by atoms with E-state index in [0.717, 1.165) is 0 Å². The minimum atomic E-state index is 0. The molecule has 0 N–H and O–H groups in total. The maximum atomic E-state index is 0. The van der Waals surface area contributed by atoms with Gasteiger partial charge in [0.15, 0.2) is 0 Å². The number of rotatable bonds is 0. The summed E-state index contributed by atoms with van der Waals surface area (Å²) in [5, 5.41) is 0. The van der Waals surface area contributed by atoms with Crippen LogP contribution < -0.4 is 0 Å². The van der Waals surface area contributed by atoms with E-state index in [2.05, 4.69) is 0 Å². The molecule has 3 radical (unpaired) electrons. The van der Waals surface area contributed by atoms with E-state index in [1.165, 1.54) is 0 Å². The van der Waals surface area contributed by atoms with Crippen LogP contribution in [0.4, 0.5) is 0 Å². The maximum absolute atomic E-state index is 0. The van der Waals surface area contributed by atoms with Gasteiger partial charge in [0, 0.05) is 24.4 Å². The van der Waals surface area contributed by atoms with E-state index >= 15 is 0 Å². The predicted molar refractivity (Wildman–Crippen MR) is 7.81 cm³/mol. The van der Waals surface area contributed by atoms with E-state index in [0.29, 0.717) is 0 Å². The summed E-state index contributed by atoms with van der Waals surface area (Å²) >= 11 is 0. The van der Waals surface area contributed by atoms with Gasteiger partial charge in [-0.3, -0.25) is 0 Å². The van der Waals surface area contributed by atoms with Crippen molar-refractivity contribution < 1.29 is 37.5 Å². The average Bonchev–Trinajstić information content (AvgIpc) is 0. The molecule has 0 amide bonds. The normalized spacial score (nSPS) is 0. The Balaban J connectivity index is 0. The van der Waals surface area contributed by atoms with Crippen molar-refractivity contribution in [2.75, 3.05) is 0 Å². The molecule has 0 bridgehead atoms. The quantitative estimate of drug-likeness (QED) is 0.517. The van der Waals surface area contributed by atoms with Crippen LogP contribution in [0.5, 0.6) is 0 Å². The molecule has 0 spiro atoms. The number of hydrogen-bond donors (Lipinski definition) is 0. The van der Waals surface area contributed by atoms with E-state index < -0.39 is 0 Å². The van der Waals surface area contributed by atoms with Crippen LogP contribution in [0.25, 0.3) is 0 Å². The molecule has 5 heteroatoms. The van der Waals surface area contributed by atoms with Crippen molar-refractivity contribution in [1.29, 1.82) is 0 Å². The Morgan fingerprint density at radius 3 is 0.600 bits per heavy atom. The summed E-state index contributed by atoms with van der Waals surface area (Å²) in [7, 11) is 0. The van der Waals surface area contributed by atoms with Gasteiger partial charge in [-0.1, -0.05) is 0 Å². The molecule has 0 heterocycles. The van der Waals surface area contributed by atoms with Crippen LogP contribution in [-0.2, 0) is 37.5 Å². The fraction of sp³-hybridized carbons (Fsp3) is 0. The molecule has 0 aromatic carbocycles. The van der Waals surface area contributed by atoms with Crippen LogP contribution in [-0.4, -0.2) is 24.4 Å². The van der Waals surface area contributed by atoms with Crippen molar-refractivity contribution in [3.05, 3.63) is 0 Å².